The Bertz CT molecular complexity index is 1150. The van der Waals surface area contributed by atoms with Crippen molar-refractivity contribution in [3.8, 4) is 5.75 Å². The number of hydrogen-bond donors (Lipinski definition) is 2. The van der Waals surface area contributed by atoms with Crippen molar-refractivity contribution in [2.75, 3.05) is 17.2 Å². The first-order chi connectivity index (χ1) is 14.7. The summed E-state index contributed by atoms with van der Waals surface area (Å²) in [7, 11) is -3.51. The van der Waals surface area contributed by atoms with Crippen LogP contribution < -0.4 is 15.4 Å². The molecule has 0 spiro atoms. The summed E-state index contributed by atoms with van der Waals surface area (Å²) in [6, 6.07) is 7.93. The van der Waals surface area contributed by atoms with Crippen LogP contribution in [-0.4, -0.2) is 31.0 Å². The summed E-state index contributed by atoms with van der Waals surface area (Å²) in [4.78, 5) is 21.1. The topological polar surface area (TPSA) is 110 Å². The average Bonchev–Trinajstić information content (AvgIpc) is 3.14. The number of benzene rings is 1. The number of ether oxygens (including phenoxy) is 1. The van der Waals surface area contributed by atoms with Crippen LogP contribution in [0.4, 0.5) is 15.6 Å². The van der Waals surface area contributed by atoms with Crippen LogP contribution in [0.15, 0.2) is 53.8 Å². The largest absolute Gasteiger partial charge is 0.491 e. The highest BCUT2D eigenvalue weighted by atomic mass is 32.2. The van der Waals surface area contributed by atoms with Crippen LogP contribution in [0.1, 0.15) is 24.3 Å². The molecule has 3 rings (SSSR count). The highest BCUT2D eigenvalue weighted by Crippen LogP contribution is 2.27. The van der Waals surface area contributed by atoms with Crippen molar-refractivity contribution in [1.82, 2.24) is 9.97 Å². The van der Waals surface area contributed by atoms with Crippen molar-refractivity contribution in [3.05, 3.63) is 59.4 Å². The summed E-state index contributed by atoms with van der Waals surface area (Å²) in [5, 5.41) is 5.70. The molecule has 2 heterocycles. The SMILES string of the molecule is Cc1ccc(NC(=O)Nc2ncc(CS(=O)(=O)c3ccncc3)s2)c(OCC(C)C)c1. The van der Waals surface area contributed by atoms with Gasteiger partial charge in [0.1, 0.15) is 5.75 Å². The second-order valence-electron chi connectivity index (χ2n) is 7.36. The molecule has 0 aliphatic rings. The van der Waals surface area contributed by atoms with Gasteiger partial charge in [0, 0.05) is 23.5 Å². The quantitative estimate of drug-likeness (QED) is 0.512. The number of anilines is 2. The minimum Gasteiger partial charge on any atom is -0.491 e. The first-order valence-corrected chi connectivity index (χ1v) is 12.1. The first-order valence-electron chi connectivity index (χ1n) is 9.62. The molecule has 0 aliphatic heterocycles. The predicted molar refractivity (Wildman–Crippen MR) is 121 cm³/mol. The van der Waals surface area contributed by atoms with Crippen molar-refractivity contribution in [2.45, 2.75) is 31.4 Å². The maximum Gasteiger partial charge on any atom is 0.325 e. The number of carbonyl (C=O) groups excluding carboxylic acids is 1. The Hall–Kier alpha value is -2.98. The Kier molecular flexibility index (Phi) is 7.24. The van der Waals surface area contributed by atoms with Crippen LogP contribution >= 0.6 is 11.3 Å². The van der Waals surface area contributed by atoms with Crippen molar-refractivity contribution in [2.24, 2.45) is 5.92 Å². The normalized spacial score (nSPS) is 11.4. The number of carbonyl (C=O) groups is 1. The van der Waals surface area contributed by atoms with E-state index in [0.29, 0.717) is 34.0 Å². The smallest absolute Gasteiger partial charge is 0.325 e. The van der Waals surface area contributed by atoms with Crippen LogP contribution in [0.25, 0.3) is 0 Å². The molecule has 2 amide bonds. The number of urea groups is 1. The zero-order valence-corrected chi connectivity index (χ0v) is 19.1. The lowest BCUT2D eigenvalue weighted by molar-refractivity contribution is 0.260. The van der Waals surface area contributed by atoms with Gasteiger partial charge >= 0.3 is 6.03 Å². The third-order valence-electron chi connectivity index (χ3n) is 4.07. The van der Waals surface area contributed by atoms with E-state index in [1.54, 1.807) is 6.07 Å². The number of thiazole rings is 1. The van der Waals surface area contributed by atoms with E-state index in [2.05, 4.69) is 20.6 Å². The number of hydrogen-bond acceptors (Lipinski definition) is 7. The van der Waals surface area contributed by atoms with Gasteiger partial charge in [-0.05, 0) is 42.7 Å². The zero-order valence-electron chi connectivity index (χ0n) is 17.5. The number of amides is 2. The molecule has 2 aromatic heterocycles. The molecule has 1 aromatic carbocycles. The van der Waals surface area contributed by atoms with Gasteiger partial charge in [-0.1, -0.05) is 19.9 Å². The lowest BCUT2D eigenvalue weighted by atomic mass is 10.2. The van der Waals surface area contributed by atoms with Gasteiger partial charge in [0.25, 0.3) is 0 Å². The Morgan fingerprint density at radius 3 is 2.61 bits per heavy atom. The molecule has 31 heavy (non-hydrogen) atoms. The molecule has 8 nitrogen and oxygen atoms in total. The maximum atomic E-state index is 12.5. The number of nitrogens with one attached hydrogen (secondary N) is 2. The fraction of sp³-hybridized carbons (Fsp3) is 0.286. The summed E-state index contributed by atoms with van der Waals surface area (Å²) >= 11 is 1.11. The average molecular weight is 461 g/mol. The van der Waals surface area contributed by atoms with Gasteiger partial charge in [-0.3, -0.25) is 10.3 Å². The number of sulfone groups is 1. The molecule has 2 N–H and O–H groups in total. The highest BCUT2D eigenvalue weighted by molar-refractivity contribution is 7.90. The van der Waals surface area contributed by atoms with E-state index in [-0.39, 0.29) is 10.6 Å². The van der Waals surface area contributed by atoms with Crippen molar-refractivity contribution in [3.63, 3.8) is 0 Å². The van der Waals surface area contributed by atoms with Crippen LogP contribution in [0.2, 0.25) is 0 Å². The zero-order chi connectivity index (χ0) is 22.4. The highest BCUT2D eigenvalue weighted by Gasteiger charge is 2.18. The molecular weight excluding hydrogens is 436 g/mol. The molecular formula is C21H24N4O4S2. The van der Waals surface area contributed by atoms with E-state index in [1.165, 1.54) is 30.7 Å². The number of pyridine rings is 1. The Labute approximate surface area is 185 Å². The first kappa shape index (κ1) is 22.7. The molecule has 0 fully saturated rings. The lowest BCUT2D eigenvalue weighted by Gasteiger charge is -2.14. The summed E-state index contributed by atoms with van der Waals surface area (Å²) < 4.78 is 30.8. The predicted octanol–water partition coefficient (Wildman–Crippen LogP) is 4.50. The second kappa shape index (κ2) is 9.88. The van der Waals surface area contributed by atoms with E-state index in [1.807, 2.05) is 32.9 Å². The summed E-state index contributed by atoms with van der Waals surface area (Å²) in [6.07, 6.45) is 4.31. The van der Waals surface area contributed by atoms with Crippen LogP contribution in [0, 0.1) is 12.8 Å². The van der Waals surface area contributed by atoms with Crippen molar-refractivity contribution >= 4 is 38.0 Å². The van der Waals surface area contributed by atoms with E-state index in [9.17, 15) is 13.2 Å². The van der Waals surface area contributed by atoms with Gasteiger partial charge in [-0.25, -0.2) is 18.2 Å². The lowest BCUT2D eigenvalue weighted by Crippen LogP contribution is -2.20. The van der Waals surface area contributed by atoms with E-state index < -0.39 is 15.9 Å². The van der Waals surface area contributed by atoms with Crippen LogP contribution in [-0.2, 0) is 15.6 Å². The van der Waals surface area contributed by atoms with Gasteiger partial charge in [0.2, 0.25) is 0 Å². The van der Waals surface area contributed by atoms with Gasteiger partial charge in [-0.2, -0.15) is 0 Å². The van der Waals surface area contributed by atoms with Gasteiger partial charge in [-0.15, -0.1) is 11.3 Å². The molecule has 0 radical (unpaired) electrons. The standard InChI is InChI=1S/C21H24N4O4S2/c1-14(2)12-29-19-10-15(3)4-5-18(19)24-20(26)25-21-23-11-16(30-21)13-31(27,28)17-6-8-22-9-7-17/h4-11,14H,12-13H2,1-3H3,(H2,23,24,25,26). The van der Waals surface area contributed by atoms with Crippen molar-refractivity contribution in [1.29, 1.82) is 0 Å². The molecule has 0 saturated carbocycles. The number of nitrogens with zero attached hydrogens (tertiary/aromatic N) is 2. The molecule has 0 atom stereocenters. The molecule has 0 saturated heterocycles. The minimum atomic E-state index is -3.51. The van der Waals surface area contributed by atoms with Crippen LogP contribution in [0.3, 0.4) is 0 Å². The summed E-state index contributed by atoms with van der Waals surface area (Å²) in [5.74, 6) is 0.731. The minimum absolute atomic E-state index is 0.191. The van der Waals surface area contributed by atoms with Gasteiger partial charge in [0.15, 0.2) is 15.0 Å². The third-order valence-corrected chi connectivity index (χ3v) is 6.85. The van der Waals surface area contributed by atoms with E-state index in [0.717, 1.165) is 16.9 Å². The maximum absolute atomic E-state index is 12.5. The van der Waals surface area contributed by atoms with Crippen LogP contribution in [0.5, 0.6) is 5.75 Å². The summed E-state index contributed by atoms with van der Waals surface area (Å²) in [6.45, 7) is 6.57. The van der Waals surface area contributed by atoms with Gasteiger partial charge in [0.05, 0.1) is 22.9 Å². The number of aryl methyl sites for hydroxylation is 1. The van der Waals surface area contributed by atoms with Gasteiger partial charge < -0.3 is 10.1 Å². The second-order valence-corrected chi connectivity index (χ2v) is 10.5. The molecule has 0 bridgehead atoms. The number of aromatic nitrogens is 2. The molecule has 0 aliphatic carbocycles. The Balaban J connectivity index is 1.64. The molecule has 164 valence electrons. The number of rotatable bonds is 8. The Morgan fingerprint density at radius 1 is 1.16 bits per heavy atom. The fourth-order valence-corrected chi connectivity index (χ4v) is 5.06. The molecule has 3 aromatic rings. The van der Waals surface area contributed by atoms with E-state index >= 15 is 0 Å². The van der Waals surface area contributed by atoms with Crippen molar-refractivity contribution < 1.29 is 17.9 Å². The summed E-state index contributed by atoms with van der Waals surface area (Å²) in [5.41, 5.74) is 1.56. The Morgan fingerprint density at radius 2 is 1.90 bits per heavy atom. The molecule has 10 heteroatoms. The fourth-order valence-electron chi connectivity index (χ4n) is 2.61. The third kappa shape index (κ3) is 6.50. The molecule has 0 unspecified atom stereocenters. The monoisotopic (exact) mass is 460 g/mol. The van der Waals surface area contributed by atoms with E-state index in [4.69, 9.17) is 4.74 Å².